The maximum Gasteiger partial charge on any atom is 0.326 e. The molecule has 19 heavy (non-hydrogen) atoms. The smallest absolute Gasteiger partial charge is 0.326 e. The van der Waals surface area contributed by atoms with E-state index in [1.807, 2.05) is 0 Å². The third-order valence-electron chi connectivity index (χ3n) is 2.07. The first-order valence-corrected chi connectivity index (χ1v) is 7.30. The largest absolute Gasteiger partial charge is 0.480 e. The second kappa shape index (κ2) is 7.01. The van der Waals surface area contributed by atoms with Gasteiger partial charge < -0.3 is 15.2 Å². The van der Waals surface area contributed by atoms with Crippen molar-refractivity contribution in [2.75, 3.05) is 7.11 Å². The van der Waals surface area contributed by atoms with Gasteiger partial charge in [-0.2, -0.15) is 0 Å². The van der Waals surface area contributed by atoms with Crippen LogP contribution in [0.3, 0.4) is 0 Å². The fourth-order valence-corrected chi connectivity index (χ4v) is 3.08. The molecule has 2 N–H and O–H groups in total. The van der Waals surface area contributed by atoms with Gasteiger partial charge in [0.2, 0.25) is 0 Å². The van der Waals surface area contributed by atoms with E-state index in [4.69, 9.17) is 5.11 Å². The summed E-state index contributed by atoms with van der Waals surface area (Å²) in [4.78, 5) is 34.2. The lowest BCUT2D eigenvalue weighted by molar-refractivity contribution is -0.147. The second-order valence-electron chi connectivity index (χ2n) is 3.38. The summed E-state index contributed by atoms with van der Waals surface area (Å²) in [7, 11) is 1.15. The van der Waals surface area contributed by atoms with Gasteiger partial charge in [0.1, 0.15) is 6.04 Å². The molecule has 0 aliphatic rings. The first-order valence-electron chi connectivity index (χ1n) is 4.90. The van der Waals surface area contributed by atoms with Crippen LogP contribution in [0.5, 0.6) is 0 Å². The Kier molecular flexibility index (Phi) is 5.95. The number of carboxylic acids is 1. The summed E-state index contributed by atoms with van der Waals surface area (Å²) in [5, 5.41) is 11.2. The quantitative estimate of drug-likeness (QED) is 0.719. The van der Waals surface area contributed by atoms with Gasteiger partial charge in [-0.15, -0.1) is 11.3 Å². The van der Waals surface area contributed by atoms with Gasteiger partial charge in [0.25, 0.3) is 5.91 Å². The van der Waals surface area contributed by atoms with Crippen molar-refractivity contribution in [2.24, 2.45) is 0 Å². The van der Waals surface area contributed by atoms with Gasteiger partial charge >= 0.3 is 11.9 Å². The number of esters is 1. The van der Waals surface area contributed by atoms with Crippen molar-refractivity contribution in [2.45, 2.75) is 12.5 Å². The molecule has 0 saturated carbocycles. The molecule has 6 nitrogen and oxygen atoms in total. The zero-order valence-electron chi connectivity index (χ0n) is 9.61. The average molecular weight is 415 g/mol. The molecule has 0 bridgehead atoms. The van der Waals surface area contributed by atoms with Crippen molar-refractivity contribution >= 4 is 61.0 Å². The predicted octanol–water partition coefficient (Wildman–Crippen LogP) is 2.02. The van der Waals surface area contributed by atoms with Crippen LogP contribution in [0.2, 0.25) is 0 Å². The molecule has 1 aromatic heterocycles. The fraction of sp³-hybridized carbons (Fsp3) is 0.300. The summed E-state index contributed by atoms with van der Waals surface area (Å²) >= 11 is 7.61. The molecule has 0 unspecified atom stereocenters. The van der Waals surface area contributed by atoms with Crippen LogP contribution in [-0.2, 0) is 14.3 Å². The third kappa shape index (κ3) is 4.59. The molecular formula is C10H9Br2NO5S. The van der Waals surface area contributed by atoms with E-state index in [2.05, 4.69) is 41.9 Å². The van der Waals surface area contributed by atoms with Crippen molar-refractivity contribution in [1.82, 2.24) is 5.32 Å². The summed E-state index contributed by atoms with van der Waals surface area (Å²) in [6, 6.07) is 0.237. The number of amides is 1. The number of hydrogen-bond donors (Lipinski definition) is 2. The molecule has 1 amide bonds. The van der Waals surface area contributed by atoms with Crippen LogP contribution in [0.4, 0.5) is 0 Å². The highest BCUT2D eigenvalue weighted by atomic mass is 79.9. The van der Waals surface area contributed by atoms with E-state index in [0.29, 0.717) is 9.35 Å². The molecule has 0 radical (unpaired) electrons. The van der Waals surface area contributed by atoms with Crippen molar-refractivity contribution in [3.05, 3.63) is 19.2 Å². The van der Waals surface area contributed by atoms with Gasteiger partial charge in [-0.25, -0.2) is 4.79 Å². The van der Waals surface area contributed by atoms with Gasteiger partial charge in [-0.1, -0.05) is 0 Å². The van der Waals surface area contributed by atoms with Crippen LogP contribution in [0.1, 0.15) is 16.1 Å². The maximum atomic E-state index is 11.8. The number of carbonyl (C=O) groups excluding carboxylic acids is 2. The van der Waals surface area contributed by atoms with E-state index in [1.165, 1.54) is 0 Å². The molecule has 104 valence electrons. The van der Waals surface area contributed by atoms with Crippen LogP contribution in [-0.4, -0.2) is 36.1 Å². The van der Waals surface area contributed by atoms with E-state index in [-0.39, 0.29) is 0 Å². The minimum absolute atomic E-state index is 0.329. The third-order valence-corrected chi connectivity index (χ3v) is 5.33. The molecule has 0 spiro atoms. The van der Waals surface area contributed by atoms with Gasteiger partial charge in [-0.05, 0) is 37.9 Å². The molecule has 0 aromatic carbocycles. The van der Waals surface area contributed by atoms with Crippen LogP contribution >= 0.6 is 43.2 Å². The van der Waals surface area contributed by atoms with Crippen LogP contribution in [0, 0.1) is 0 Å². The lowest BCUT2D eigenvalue weighted by Gasteiger charge is -2.12. The minimum Gasteiger partial charge on any atom is -0.480 e. The Bertz CT molecular complexity index is 497. The lowest BCUT2D eigenvalue weighted by Crippen LogP contribution is -2.42. The Labute approximate surface area is 129 Å². The van der Waals surface area contributed by atoms with Crippen LogP contribution < -0.4 is 5.32 Å². The highest BCUT2D eigenvalue weighted by Gasteiger charge is 2.25. The molecule has 1 aromatic rings. The average Bonchev–Trinajstić information content (AvgIpc) is 2.68. The summed E-state index contributed by atoms with van der Waals surface area (Å²) < 4.78 is 5.79. The SMILES string of the molecule is COC(=O)C[C@H](NC(=O)c1cc(Br)c(Br)s1)C(=O)O. The molecule has 1 atom stereocenters. The molecular weight excluding hydrogens is 406 g/mol. The Hall–Kier alpha value is -0.930. The predicted molar refractivity (Wildman–Crippen MR) is 75.2 cm³/mol. The summed E-state index contributed by atoms with van der Waals surface area (Å²) in [5.74, 6) is -2.57. The number of halogens is 2. The molecule has 1 rings (SSSR count). The summed E-state index contributed by atoms with van der Waals surface area (Å²) in [5.41, 5.74) is 0. The number of carbonyl (C=O) groups is 3. The first-order chi connectivity index (χ1) is 8.85. The molecule has 1 heterocycles. The number of nitrogens with one attached hydrogen (secondary N) is 1. The number of methoxy groups -OCH3 is 1. The Morgan fingerprint density at radius 2 is 2.11 bits per heavy atom. The van der Waals surface area contributed by atoms with Crippen molar-refractivity contribution in [3.63, 3.8) is 0 Å². The van der Waals surface area contributed by atoms with E-state index in [1.54, 1.807) is 6.07 Å². The van der Waals surface area contributed by atoms with Crippen LogP contribution in [0.25, 0.3) is 0 Å². The highest BCUT2D eigenvalue weighted by molar-refractivity contribution is 9.13. The Morgan fingerprint density at radius 3 is 2.53 bits per heavy atom. The van der Waals surface area contributed by atoms with Crippen molar-refractivity contribution < 1.29 is 24.2 Å². The first kappa shape index (κ1) is 16.1. The number of carboxylic acid groups (broad SMARTS) is 1. The van der Waals surface area contributed by atoms with Crippen molar-refractivity contribution in [3.8, 4) is 0 Å². The van der Waals surface area contributed by atoms with E-state index in [0.717, 1.165) is 22.2 Å². The summed E-state index contributed by atoms with van der Waals surface area (Å²) in [6.07, 6.45) is -0.425. The van der Waals surface area contributed by atoms with Crippen LogP contribution in [0.15, 0.2) is 14.3 Å². The molecule has 0 aliphatic heterocycles. The highest BCUT2D eigenvalue weighted by Crippen LogP contribution is 2.32. The van der Waals surface area contributed by atoms with Gasteiger partial charge in [0.05, 0.1) is 22.2 Å². The van der Waals surface area contributed by atoms with Crippen molar-refractivity contribution in [1.29, 1.82) is 0 Å². The van der Waals surface area contributed by atoms with E-state index >= 15 is 0 Å². The molecule has 0 fully saturated rings. The second-order valence-corrected chi connectivity index (χ2v) is 6.60. The number of hydrogen-bond acceptors (Lipinski definition) is 5. The van der Waals surface area contributed by atoms with E-state index < -0.39 is 30.3 Å². The Morgan fingerprint density at radius 1 is 1.47 bits per heavy atom. The van der Waals surface area contributed by atoms with Gasteiger partial charge in [0, 0.05) is 4.47 Å². The van der Waals surface area contributed by atoms with E-state index in [9.17, 15) is 14.4 Å². The zero-order valence-corrected chi connectivity index (χ0v) is 13.6. The number of aliphatic carboxylic acids is 1. The topological polar surface area (TPSA) is 92.7 Å². The zero-order chi connectivity index (χ0) is 14.6. The minimum atomic E-state index is -1.32. The fourth-order valence-electron chi connectivity index (χ4n) is 1.14. The molecule has 0 saturated heterocycles. The van der Waals surface area contributed by atoms with Gasteiger partial charge in [0.15, 0.2) is 0 Å². The maximum absolute atomic E-state index is 11.8. The summed E-state index contributed by atoms with van der Waals surface area (Å²) in [6.45, 7) is 0. The molecule has 0 aliphatic carbocycles. The number of ether oxygens (including phenoxy) is 1. The number of rotatable bonds is 5. The normalized spacial score (nSPS) is 11.7. The monoisotopic (exact) mass is 413 g/mol. The lowest BCUT2D eigenvalue weighted by atomic mass is 10.2. The number of thiophene rings is 1. The Balaban J connectivity index is 2.76. The van der Waals surface area contributed by atoms with Gasteiger partial charge in [-0.3, -0.25) is 9.59 Å². The molecule has 9 heteroatoms. The standard InChI is InChI=1S/C10H9Br2NO5S/c1-18-7(14)3-5(10(16)17)13-9(15)6-2-4(11)8(12)19-6/h2,5H,3H2,1H3,(H,13,15)(H,16,17)/t5-/m0/s1.